The van der Waals surface area contributed by atoms with Crippen molar-refractivity contribution in [2.45, 2.75) is 45.7 Å². The molecule has 1 aromatic carbocycles. The topological polar surface area (TPSA) is 63.0 Å². The van der Waals surface area contributed by atoms with Gasteiger partial charge in [0.25, 0.3) is 0 Å². The van der Waals surface area contributed by atoms with Crippen molar-refractivity contribution in [3.63, 3.8) is 0 Å². The first-order valence-electron chi connectivity index (χ1n) is 7.38. The van der Waals surface area contributed by atoms with Crippen LogP contribution in [0.2, 0.25) is 0 Å². The van der Waals surface area contributed by atoms with Crippen molar-refractivity contribution >= 4 is 6.01 Å². The highest BCUT2D eigenvalue weighted by Crippen LogP contribution is 2.08. The van der Waals surface area contributed by atoms with Gasteiger partial charge < -0.3 is 15.1 Å². The fourth-order valence-electron chi connectivity index (χ4n) is 1.87. The van der Waals surface area contributed by atoms with E-state index in [2.05, 4.69) is 65.9 Å². The smallest absolute Gasteiger partial charge is 0.315 e. The normalized spacial score (nSPS) is 11.6. The van der Waals surface area contributed by atoms with Crippen LogP contribution in [0.25, 0.3) is 0 Å². The predicted molar refractivity (Wildman–Crippen MR) is 84.1 cm³/mol. The van der Waals surface area contributed by atoms with Gasteiger partial charge in [-0.2, -0.15) is 0 Å². The minimum absolute atomic E-state index is 0.0394. The van der Waals surface area contributed by atoms with E-state index in [4.69, 9.17) is 4.42 Å². The van der Waals surface area contributed by atoms with Gasteiger partial charge in [0.1, 0.15) is 0 Å². The number of aromatic nitrogens is 2. The molecule has 2 aromatic rings. The minimum Gasteiger partial charge on any atom is -0.407 e. The third-order valence-corrected chi connectivity index (χ3v) is 3.00. The predicted octanol–water partition coefficient (Wildman–Crippen LogP) is 3.00. The van der Waals surface area contributed by atoms with E-state index in [1.54, 1.807) is 0 Å². The maximum absolute atomic E-state index is 5.54. The summed E-state index contributed by atoms with van der Waals surface area (Å²) >= 11 is 0. The monoisotopic (exact) mass is 288 g/mol. The van der Waals surface area contributed by atoms with E-state index < -0.39 is 0 Å². The molecule has 0 bridgehead atoms. The Morgan fingerprint density at radius 1 is 1.10 bits per heavy atom. The Bertz CT molecular complexity index is 531. The van der Waals surface area contributed by atoms with Crippen LogP contribution in [0.4, 0.5) is 6.01 Å². The molecule has 0 spiro atoms. The molecule has 0 saturated heterocycles. The molecule has 5 heteroatoms. The van der Waals surface area contributed by atoms with E-state index in [0.29, 0.717) is 18.5 Å². The summed E-state index contributed by atoms with van der Waals surface area (Å²) in [5, 5.41) is 14.5. The molecular formula is C16H24N4O. The summed E-state index contributed by atoms with van der Waals surface area (Å²) in [7, 11) is 0. The van der Waals surface area contributed by atoms with Gasteiger partial charge in [0, 0.05) is 12.1 Å². The summed E-state index contributed by atoms with van der Waals surface area (Å²) < 4.78 is 5.54. The van der Waals surface area contributed by atoms with Crippen LogP contribution in [0.1, 0.15) is 38.6 Å². The third kappa shape index (κ3) is 5.95. The maximum atomic E-state index is 5.54. The van der Waals surface area contributed by atoms with E-state index >= 15 is 0 Å². The Morgan fingerprint density at radius 3 is 2.57 bits per heavy atom. The molecule has 114 valence electrons. The maximum Gasteiger partial charge on any atom is 0.315 e. The summed E-state index contributed by atoms with van der Waals surface area (Å²) in [5.74, 6) is 0.607. The molecule has 0 aliphatic heterocycles. The molecule has 0 amide bonds. The molecule has 0 atom stereocenters. The first-order chi connectivity index (χ1) is 10.0. The number of nitrogens with one attached hydrogen (secondary N) is 2. The number of benzene rings is 1. The Kier molecular flexibility index (Phi) is 5.33. The van der Waals surface area contributed by atoms with Crippen molar-refractivity contribution in [3.8, 4) is 0 Å². The lowest BCUT2D eigenvalue weighted by Crippen LogP contribution is -2.35. The van der Waals surface area contributed by atoms with Crippen molar-refractivity contribution in [1.29, 1.82) is 0 Å². The lowest BCUT2D eigenvalue weighted by Gasteiger charge is -2.18. The number of rotatable bonds is 7. The SMILES string of the molecule is CC(C)(C)NCc1nnc(NCCCc2ccccc2)o1. The Labute approximate surface area is 126 Å². The molecule has 0 aliphatic carbocycles. The first kappa shape index (κ1) is 15.5. The van der Waals surface area contributed by atoms with Gasteiger partial charge in [-0.1, -0.05) is 35.4 Å². The summed E-state index contributed by atoms with van der Waals surface area (Å²) in [4.78, 5) is 0. The zero-order chi connectivity index (χ0) is 15.1. The van der Waals surface area contributed by atoms with Gasteiger partial charge in [0.2, 0.25) is 5.89 Å². The molecule has 1 heterocycles. The van der Waals surface area contributed by atoms with E-state index in [-0.39, 0.29) is 5.54 Å². The number of aryl methyl sites for hydroxylation is 1. The van der Waals surface area contributed by atoms with Crippen LogP contribution < -0.4 is 10.6 Å². The van der Waals surface area contributed by atoms with Gasteiger partial charge >= 0.3 is 6.01 Å². The zero-order valence-corrected chi connectivity index (χ0v) is 13.0. The minimum atomic E-state index is 0.0394. The Morgan fingerprint density at radius 2 is 1.86 bits per heavy atom. The highest BCUT2D eigenvalue weighted by atomic mass is 16.4. The fraction of sp³-hybridized carbons (Fsp3) is 0.500. The average Bonchev–Trinajstić information content (AvgIpc) is 2.90. The largest absolute Gasteiger partial charge is 0.407 e. The second-order valence-electron chi connectivity index (χ2n) is 6.12. The molecule has 0 radical (unpaired) electrons. The average molecular weight is 288 g/mol. The zero-order valence-electron chi connectivity index (χ0n) is 13.0. The van der Waals surface area contributed by atoms with Crippen molar-refractivity contribution in [2.24, 2.45) is 0 Å². The van der Waals surface area contributed by atoms with Crippen LogP contribution in [0.15, 0.2) is 34.7 Å². The van der Waals surface area contributed by atoms with Crippen molar-refractivity contribution in [1.82, 2.24) is 15.5 Å². The molecule has 1 aromatic heterocycles. The Hall–Kier alpha value is -1.88. The van der Waals surface area contributed by atoms with Gasteiger partial charge in [-0.05, 0) is 39.2 Å². The Balaban J connectivity index is 1.68. The van der Waals surface area contributed by atoms with Gasteiger partial charge in [0.15, 0.2) is 0 Å². The van der Waals surface area contributed by atoms with Crippen LogP contribution in [0, 0.1) is 0 Å². The van der Waals surface area contributed by atoms with Gasteiger partial charge in [-0.15, -0.1) is 5.10 Å². The fourth-order valence-corrected chi connectivity index (χ4v) is 1.87. The van der Waals surface area contributed by atoms with E-state index in [0.717, 1.165) is 19.4 Å². The van der Waals surface area contributed by atoms with Crippen LogP contribution >= 0.6 is 0 Å². The van der Waals surface area contributed by atoms with E-state index in [1.165, 1.54) is 5.56 Å². The highest BCUT2D eigenvalue weighted by molar-refractivity contribution is 5.18. The van der Waals surface area contributed by atoms with Crippen molar-refractivity contribution < 1.29 is 4.42 Å². The van der Waals surface area contributed by atoms with Gasteiger partial charge in [-0.3, -0.25) is 0 Å². The number of hydrogen-bond donors (Lipinski definition) is 2. The second kappa shape index (κ2) is 7.22. The standard InChI is InChI=1S/C16H24N4O/c1-16(2,3)18-12-14-19-20-15(21-14)17-11-7-10-13-8-5-4-6-9-13/h4-6,8-9,18H,7,10-12H2,1-3H3,(H,17,20). The molecule has 5 nitrogen and oxygen atoms in total. The lowest BCUT2D eigenvalue weighted by molar-refractivity contribution is 0.383. The van der Waals surface area contributed by atoms with E-state index in [9.17, 15) is 0 Å². The summed E-state index contributed by atoms with van der Waals surface area (Å²) in [6.07, 6.45) is 2.07. The van der Waals surface area contributed by atoms with Crippen LogP contribution in [0.3, 0.4) is 0 Å². The summed E-state index contributed by atoms with van der Waals surface area (Å²) in [6.45, 7) is 7.72. The third-order valence-electron chi connectivity index (χ3n) is 3.00. The van der Waals surface area contributed by atoms with Crippen LogP contribution in [-0.4, -0.2) is 22.3 Å². The molecule has 0 aliphatic rings. The highest BCUT2D eigenvalue weighted by Gasteiger charge is 2.11. The van der Waals surface area contributed by atoms with E-state index in [1.807, 2.05) is 6.07 Å². The van der Waals surface area contributed by atoms with Crippen molar-refractivity contribution in [2.75, 3.05) is 11.9 Å². The van der Waals surface area contributed by atoms with Crippen LogP contribution in [0.5, 0.6) is 0 Å². The molecule has 2 rings (SSSR count). The lowest BCUT2D eigenvalue weighted by atomic mass is 10.1. The number of anilines is 1. The second-order valence-corrected chi connectivity index (χ2v) is 6.12. The summed E-state index contributed by atoms with van der Waals surface area (Å²) in [5.41, 5.74) is 1.39. The van der Waals surface area contributed by atoms with Gasteiger partial charge in [-0.25, -0.2) is 0 Å². The molecule has 0 unspecified atom stereocenters. The molecule has 0 saturated carbocycles. The summed E-state index contributed by atoms with van der Waals surface area (Å²) in [6, 6.07) is 10.9. The molecule has 21 heavy (non-hydrogen) atoms. The molecule has 2 N–H and O–H groups in total. The molecule has 0 fully saturated rings. The van der Waals surface area contributed by atoms with Crippen LogP contribution in [-0.2, 0) is 13.0 Å². The quantitative estimate of drug-likeness (QED) is 0.767. The number of nitrogens with zero attached hydrogens (tertiary/aromatic N) is 2. The van der Waals surface area contributed by atoms with Crippen molar-refractivity contribution in [3.05, 3.63) is 41.8 Å². The van der Waals surface area contributed by atoms with Gasteiger partial charge in [0.05, 0.1) is 6.54 Å². The first-order valence-corrected chi connectivity index (χ1v) is 7.38. The number of hydrogen-bond acceptors (Lipinski definition) is 5. The molecular weight excluding hydrogens is 264 g/mol.